The second-order valence-corrected chi connectivity index (χ2v) is 4.56. The molecular formula is C16H17N3. The van der Waals surface area contributed by atoms with E-state index in [2.05, 4.69) is 23.0 Å². The first-order valence-corrected chi connectivity index (χ1v) is 6.65. The van der Waals surface area contributed by atoms with Crippen LogP contribution in [-0.4, -0.2) is 9.97 Å². The maximum atomic E-state index is 8.76. The molecule has 0 spiro atoms. The minimum atomic E-state index is 0.653. The van der Waals surface area contributed by atoms with Crippen molar-refractivity contribution in [3.05, 3.63) is 47.8 Å². The topological polar surface area (TPSA) is 49.6 Å². The molecule has 0 aliphatic rings. The summed E-state index contributed by atoms with van der Waals surface area (Å²) in [4.78, 5) is 8.78. The third-order valence-corrected chi connectivity index (χ3v) is 3.05. The quantitative estimate of drug-likeness (QED) is 0.760. The summed E-state index contributed by atoms with van der Waals surface area (Å²) in [6, 6.07) is 9.43. The van der Waals surface area contributed by atoms with E-state index in [1.165, 1.54) is 24.8 Å². The molecule has 19 heavy (non-hydrogen) atoms. The summed E-state index contributed by atoms with van der Waals surface area (Å²) in [7, 11) is 0. The number of rotatable bonds is 5. The van der Waals surface area contributed by atoms with E-state index in [-0.39, 0.29) is 0 Å². The molecule has 0 saturated carbocycles. The zero-order valence-electron chi connectivity index (χ0n) is 11.1. The van der Waals surface area contributed by atoms with Gasteiger partial charge in [-0.15, -0.1) is 0 Å². The number of aromatic nitrogens is 2. The van der Waals surface area contributed by atoms with Crippen molar-refractivity contribution in [1.29, 1.82) is 5.26 Å². The second-order valence-electron chi connectivity index (χ2n) is 4.56. The maximum Gasteiger partial charge on any atom is 0.159 e. The molecule has 0 saturated heterocycles. The minimum absolute atomic E-state index is 0.653. The van der Waals surface area contributed by atoms with Crippen molar-refractivity contribution in [2.24, 2.45) is 0 Å². The highest BCUT2D eigenvalue weighted by molar-refractivity contribution is 5.56. The fraction of sp³-hybridized carbons (Fsp3) is 0.312. The average molecular weight is 251 g/mol. The van der Waals surface area contributed by atoms with Crippen molar-refractivity contribution in [2.75, 3.05) is 0 Å². The average Bonchev–Trinajstić information content (AvgIpc) is 2.48. The van der Waals surface area contributed by atoms with Crippen LogP contribution in [0.4, 0.5) is 0 Å². The van der Waals surface area contributed by atoms with Gasteiger partial charge in [0.2, 0.25) is 0 Å². The van der Waals surface area contributed by atoms with E-state index in [0.717, 1.165) is 12.0 Å². The largest absolute Gasteiger partial charge is 0.236 e. The molecule has 1 aromatic heterocycles. The lowest BCUT2D eigenvalue weighted by atomic mass is 10.1. The fourth-order valence-electron chi connectivity index (χ4n) is 1.91. The highest BCUT2D eigenvalue weighted by Crippen LogP contribution is 2.15. The monoisotopic (exact) mass is 251 g/mol. The molecule has 0 aliphatic carbocycles. The van der Waals surface area contributed by atoms with Crippen LogP contribution < -0.4 is 0 Å². The van der Waals surface area contributed by atoms with Gasteiger partial charge in [0.1, 0.15) is 0 Å². The van der Waals surface area contributed by atoms with Gasteiger partial charge in [-0.05, 0) is 42.7 Å². The molecule has 3 heteroatoms. The Hall–Kier alpha value is -2.21. The van der Waals surface area contributed by atoms with Gasteiger partial charge in [-0.1, -0.05) is 19.8 Å². The van der Waals surface area contributed by atoms with Crippen LogP contribution in [0.1, 0.15) is 37.3 Å². The van der Waals surface area contributed by atoms with Gasteiger partial charge in [-0.2, -0.15) is 5.26 Å². The molecular weight excluding hydrogens is 234 g/mol. The van der Waals surface area contributed by atoms with Crippen molar-refractivity contribution in [1.82, 2.24) is 9.97 Å². The Morgan fingerprint density at radius 3 is 2.32 bits per heavy atom. The van der Waals surface area contributed by atoms with Crippen LogP contribution in [0.25, 0.3) is 11.4 Å². The van der Waals surface area contributed by atoms with Crippen LogP contribution in [-0.2, 0) is 6.42 Å². The lowest BCUT2D eigenvalue weighted by Gasteiger charge is -2.02. The molecule has 0 N–H and O–H groups in total. The Balaban J connectivity index is 2.07. The Kier molecular flexibility index (Phi) is 4.63. The summed E-state index contributed by atoms with van der Waals surface area (Å²) >= 11 is 0. The number of benzene rings is 1. The molecule has 0 atom stereocenters. The highest BCUT2D eigenvalue weighted by Gasteiger charge is 2.01. The third kappa shape index (κ3) is 3.62. The third-order valence-electron chi connectivity index (χ3n) is 3.05. The number of unbranched alkanes of at least 4 members (excludes halogenated alkanes) is 2. The standard InChI is InChI=1S/C16H17N3/c1-2-3-4-5-14-11-18-16(19-12-14)15-8-6-13(10-17)7-9-15/h6-9,11-12H,2-5H2,1H3. The molecule has 0 bridgehead atoms. The van der Waals surface area contributed by atoms with Crippen LogP contribution >= 0.6 is 0 Å². The lowest BCUT2D eigenvalue weighted by Crippen LogP contribution is -1.93. The molecule has 3 nitrogen and oxygen atoms in total. The van der Waals surface area contributed by atoms with E-state index in [9.17, 15) is 0 Å². The first kappa shape index (κ1) is 13.2. The Labute approximate surface area is 114 Å². The van der Waals surface area contributed by atoms with Crippen LogP contribution in [0.2, 0.25) is 0 Å². The van der Waals surface area contributed by atoms with Crippen LogP contribution in [0, 0.1) is 11.3 Å². The summed E-state index contributed by atoms with van der Waals surface area (Å²) in [5.41, 5.74) is 2.78. The van der Waals surface area contributed by atoms with Gasteiger partial charge in [0, 0.05) is 18.0 Å². The van der Waals surface area contributed by atoms with Crippen molar-refractivity contribution in [3.8, 4) is 17.5 Å². The van der Waals surface area contributed by atoms with Crippen LogP contribution in [0.3, 0.4) is 0 Å². The molecule has 2 aromatic rings. The van der Waals surface area contributed by atoms with Gasteiger partial charge in [0.25, 0.3) is 0 Å². The van der Waals surface area contributed by atoms with Crippen LogP contribution in [0.15, 0.2) is 36.7 Å². The zero-order valence-corrected chi connectivity index (χ0v) is 11.1. The summed E-state index contributed by atoms with van der Waals surface area (Å²) in [6.07, 6.45) is 8.51. The van der Waals surface area contributed by atoms with Gasteiger partial charge in [-0.3, -0.25) is 0 Å². The lowest BCUT2D eigenvalue weighted by molar-refractivity contribution is 0.714. The SMILES string of the molecule is CCCCCc1cnc(-c2ccc(C#N)cc2)nc1. The zero-order chi connectivity index (χ0) is 13.5. The molecule has 0 amide bonds. The van der Waals surface area contributed by atoms with E-state index < -0.39 is 0 Å². The van der Waals surface area contributed by atoms with E-state index in [0.29, 0.717) is 11.4 Å². The van der Waals surface area contributed by atoms with Crippen molar-refractivity contribution in [3.63, 3.8) is 0 Å². The van der Waals surface area contributed by atoms with Gasteiger partial charge in [0.15, 0.2) is 5.82 Å². The predicted octanol–water partition coefficient (Wildman–Crippen LogP) is 3.75. The Morgan fingerprint density at radius 2 is 1.74 bits per heavy atom. The molecule has 1 aromatic carbocycles. The number of nitriles is 1. The molecule has 2 rings (SSSR count). The summed E-state index contributed by atoms with van der Waals surface area (Å²) in [5.74, 6) is 0.712. The normalized spacial score (nSPS) is 10.1. The van der Waals surface area contributed by atoms with Gasteiger partial charge >= 0.3 is 0 Å². The number of aryl methyl sites for hydroxylation is 1. The minimum Gasteiger partial charge on any atom is -0.236 e. The van der Waals surface area contributed by atoms with Crippen molar-refractivity contribution < 1.29 is 0 Å². The van der Waals surface area contributed by atoms with Crippen LogP contribution in [0.5, 0.6) is 0 Å². The highest BCUT2D eigenvalue weighted by atomic mass is 14.9. The van der Waals surface area contributed by atoms with E-state index in [4.69, 9.17) is 5.26 Å². The number of nitrogens with zero attached hydrogens (tertiary/aromatic N) is 3. The predicted molar refractivity (Wildman–Crippen MR) is 75.4 cm³/mol. The summed E-state index contributed by atoms with van der Waals surface area (Å²) in [6.45, 7) is 2.20. The molecule has 0 unspecified atom stereocenters. The van der Waals surface area contributed by atoms with E-state index in [1.54, 1.807) is 12.1 Å². The molecule has 0 radical (unpaired) electrons. The smallest absolute Gasteiger partial charge is 0.159 e. The van der Waals surface area contributed by atoms with Gasteiger partial charge in [-0.25, -0.2) is 9.97 Å². The van der Waals surface area contributed by atoms with Gasteiger partial charge < -0.3 is 0 Å². The Bertz CT molecular complexity index is 550. The first-order valence-electron chi connectivity index (χ1n) is 6.65. The van der Waals surface area contributed by atoms with E-state index >= 15 is 0 Å². The van der Waals surface area contributed by atoms with Crippen molar-refractivity contribution >= 4 is 0 Å². The molecule has 0 fully saturated rings. The molecule has 1 heterocycles. The summed E-state index contributed by atoms with van der Waals surface area (Å²) in [5, 5.41) is 8.76. The maximum absolute atomic E-state index is 8.76. The fourth-order valence-corrected chi connectivity index (χ4v) is 1.91. The first-order chi connectivity index (χ1) is 9.33. The van der Waals surface area contributed by atoms with Crippen molar-refractivity contribution in [2.45, 2.75) is 32.6 Å². The number of hydrogen-bond donors (Lipinski definition) is 0. The number of hydrogen-bond acceptors (Lipinski definition) is 3. The second kappa shape index (κ2) is 6.65. The summed E-state index contributed by atoms with van der Waals surface area (Å²) < 4.78 is 0. The molecule has 96 valence electrons. The van der Waals surface area contributed by atoms with E-state index in [1.807, 2.05) is 24.5 Å². The molecule has 0 aliphatic heterocycles. The Morgan fingerprint density at radius 1 is 1.05 bits per heavy atom. The van der Waals surface area contributed by atoms with Gasteiger partial charge in [0.05, 0.1) is 11.6 Å².